The zero-order valence-corrected chi connectivity index (χ0v) is 14.5. The fourth-order valence-corrected chi connectivity index (χ4v) is 3.52. The highest BCUT2D eigenvalue weighted by atomic mass is 15.3. The molecule has 0 amide bonds. The van der Waals surface area contributed by atoms with Crippen LogP contribution in [0.2, 0.25) is 0 Å². The molecule has 1 aliphatic rings. The fraction of sp³-hybridized carbons (Fsp3) is 0.429. The van der Waals surface area contributed by atoms with Crippen molar-refractivity contribution in [2.75, 3.05) is 13.1 Å². The summed E-state index contributed by atoms with van der Waals surface area (Å²) >= 11 is 0. The summed E-state index contributed by atoms with van der Waals surface area (Å²) in [4.78, 5) is 2.65. The Morgan fingerprint density at radius 2 is 1.65 bits per heavy atom. The molecule has 122 valence electrons. The van der Waals surface area contributed by atoms with Gasteiger partial charge >= 0.3 is 0 Å². The van der Waals surface area contributed by atoms with Gasteiger partial charge in [-0.15, -0.1) is 0 Å². The van der Waals surface area contributed by atoms with Crippen LogP contribution in [0.1, 0.15) is 31.9 Å². The molecule has 0 bridgehead atoms. The summed E-state index contributed by atoms with van der Waals surface area (Å²) in [5, 5.41) is 3.78. The van der Waals surface area contributed by atoms with Crippen LogP contribution >= 0.6 is 0 Å². The molecule has 2 atom stereocenters. The molecule has 1 N–H and O–H groups in total. The third-order valence-corrected chi connectivity index (χ3v) is 5.24. The minimum atomic E-state index is 0.0302. The Hall–Kier alpha value is -1.64. The van der Waals surface area contributed by atoms with Gasteiger partial charge in [-0.1, -0.05) is 74.5 Å². The van der Waals surface area contributed by atoms with E-state index in [1.165, 1.54) is 11.1 Å². The highest BCUT2D eigenvalue weighted by Gasteiger charge is 2.39. The predicted octanol–water partition coefficient (Wildman–Crippen LogP) is 4.03. The quantitative estimate of drug-likeness (QED) is 0.917. The molecule has 3 rings (SSSR count). The average molecular weight is 308 g/mol. The van der Waals surface area contributed by atoms with E-state index in [9.17, 15) is 0 Å². The molecule has 23 heavy (non-hydrogen) atoms. The Bertz CT molecular complexity index is 608. The van der Waals surface area contributed by atoms with Gasteiger partial charge in [0.05, 0.1) is 5.54 Å². The highest BCUT2D eigenvalue weighted by Crippen LogP contribution is 2.33. The van der Waals surface area contributed by atoms with Gasteiger partial charge in [0.1, 0.15) is 0 Å². The molecule has 2 unspecified atom stereocenters. The van der Waals surface area contributed by atoms with Crippen LogP contribution in [0.4, 0.5) is 0 Å². The predicted molar refractivity (Wildman–Crippen MR) is 97.3 cm³/mol. The summed E-state index contributed by atoms with van der Waals surface area (Å²) in [7, 11) is 0. The number of hydrogen-bond donors (Lipinski definition) is 1. The normalized spacial score (nSPS) is 25.7. The lowest BCUT2D eigenvalue weighted by Gasteiger charge is -2.49. The van der Waals surface area contributed by atoms with Crippen molar-refractivity contribution in [2.24, 2.45) is 5.92 Å². The molecule has 0 aliphatic carbocycles. The van der Waals surface area contributed by atoms with E-state index in [0.717, 1.165) is 19.6 Å². The van der Waals surface area contributed by atoms with Crippen molar-refractivity contribution in [3.63, 3.8) is 0 Å². The van der Waals surface area contributed by atoms with E-state index in [-0.39, 0.29) is 5.54 Å². The Labute approximate surface area is 140 Å². The average Bonchev–Trinajstić information content (AvgIpc) is 2.58. The van der Waals surface area contributed by atoms with Gasteiger partial charge in [0.15, 0.2) is 0 Å². The van der Waals surface area contributed by atoms with Crippen LogP contribution in [0.15, 0.2) is 60.7 Å². The molecule has 1 heterocycles. The molecule has 2 heteroatoms. The summed E-state index contributed by atoms with van der Waals surface area (Å²) < 4.78 is 0. The molecule has 2 aromatic carbocycles. The molecule has 1 aliphatic heterocycles. The van der Waals surface area contributed by atoms with Crippen molar-refractivity contribution < 1.29 is 0 Å². The third-order valence-electron chi connectivity index (χ3n) is 5.24. The molecule has 0 radical (unpaired) electrons. The number of piperazine rings is 1. The van der Waals surface area contributed by atoms with Crippen LogP contribution in [-0.4, -0.2) is 24.0 Å². The lowest BCUT2D eigenvalue weighted by atomic mass is 9.85. The van der Waals surface area contributed by atoms with E-state index < -0.39 is 0 Å². The van der Waals surface area contributed by atoms with Gasteiger partial charge in [-0.3, -0.25) is 4.90 Å². The zero-order valence-electron chi connectivity index (χ0n) is 14.5. The maximum absolute atomic E-state index is 3.78. The Kier molecular flexibility index (Phi) is 4.84. The van der Waals surface area contributed by atoms with E-state index in [0.29, 0.717) is 12.0 Å². The van der Waals surface area contributed by atoms with Gasteiger partial charge in [-0.2, -0.15) is 0 Å². The first-order valence-electron chi connectivity index (χ1n) is 8.67. The summed E-state index contributed by atoms with van der Waals surface area (Å²) in [5.41, 5.74) is 2.81. The Morgan fingerprint density at radius 1 is 1.04 bits per heavy atom. The van der Waals surface area contributed by atoms with E-state index in [1.54, 1.807) is 0 Å². The maximum Gasteiger partial charge on any atom is 0.0561 e. The first-order chi connectivity index (χ1) is 11.1. The fourth-order valence-electron chi connectivity index (χ4n) is 3.52. The molecule has 2 nitrogen and oxygen atoms in total. The molecule has 0 spiro atoms. The second-order valence-corrected chi connectivity index (χ2v) is 7.24. The second kappa shape index (κ2) is 6.86. The standard InChI is InChI=1S/C21H28N2/c1-17(2)20-15-23(14-18-10-6-4-7-11-18)21(3,16-22-20)19-12-8-5-9-13-19/h4-13,17,20,22H,14-16H2,1-3H3. The SMILES string of the molecule is CC(C)C1CN(Cc2ccccc2)C(C)(c2ccccc2)CN1. The van der Waals surface area contributed by atoms with Crippen LogP contribution < -0.4 is 5.32 Å². The lowest BCUT2D eigenvalue weighted by Crippen LogP contribution is -2.62. The minimum Gasteiger partial charge on any atom is -0.310 e. The van der Waals surface area contributed by atoms with E-state index in [1.807, 2.05) is 0 Å². The smallest absolute Gasteiger partial charge is 0.0561 e. The summed E-state index contributed by atoms with van der Waals surface area (Å²) in [6.07, 6.45) is 0. The second-order valence-electron chi connectivity index (χ2n) is 7.24. The van der Waals surface area contributed by atoms with Gasteiger partial charge in [-0.25, -0.2) is 0 Å². The van der Waals surface area contributed by atoms with Crippen molar-refractivity contribution in [2.45, 2.75) is 38.9 Å². The van der Waals surface area contributed by atoms with Crippen LogP contribution in [-0.2, 0) is 12.1 Å². The first-order valence-corrected chi connectivity index (χ1v) is 8.67. The van der Waals surface area contributed by atoms with Gasteiger partial charge in [0.25, 0.3) is 0 Å². The van der Waals surface area contributed by atoms with Crippen molar-refractivity contribution in [3.8, 4) is 0 Å². The zero-order chi connectivity index (χ0) is 16.3. The van der Waals surface area contributed by atoms with Crippen LogP contribution in [0.3, 0.4) is 0 Å². The van der Waals surface area contributed by atoms with Crippen LogP contribution in [0, 0.1) is 5.92 Å². The molecule has 2 aromatic rings. The van der Waals surface area contributed by atoms with Gasteiger partial charge in [0.2, 0.25) is 0 Å². The first kappa shape index (κ1) is 16.2. The monoisotopic (exact) mass is 308 g/mol. The van der Waals surface area contributed by atoms with Crippen molar-refractivity contribution in [3.05, 3.63) is 71.8 Å². The number of nitrogens with zero attached hydrogens (tertiary/aromatic N) is 1. The number of nitrogens with one attached hydrogen (secondary N) is 1. The largest absolute Gasteiger partial charge is 0.310 e. The molecule has 1 saturated heterocycles. The van der Waals surface area contributed by atoms with Crippen molar-refractivity contribution >= 4 is 0 Å². The Balaban J connectivity index is 1.90. The van der Waals surface area contributed by atoms with Crippen LogP contribution in [0.25, 0.3) is 0 Å². The highest BCUT2D eigenvalue weighted by molar-refractivity contribution is 5.26. The number of benzene rings is 2. The number of rotatable bonds is 4. The van der Waals surface area contributed by atoms with Gasteiger partial charge < -0.3 is 5.32 Å². The molecule has 0 aromatic heterocycles. The summed E-state index contributed by atoms with van der Waals surface area (Å²) in [6, 6.07) is 22.3. The molecule has 1 fully saturated rings. The van der Waals surface area contributed by atoms with E-state index in [4.69, 9.17) is 0 Å². The van der Waals surface area contributed by atoms with E-state index in [2.05, 4.69) is 91.7 Å². The van der Waals surface area contributed by atoms with Gasteiger partial charge in [-0.05, 0) is 24.0 Å². The van der Waals surface area contributed by atoms with E-state index >= 15 is 0 Å². The third kappa shape index (κ3) is 3.49. The molecule has 0 saturated carbocycles. The maximum atomic E-state index is 3.78. The molecular formula is C21H28N2. The Morgan fingerprint density at radius 3 is 2.26 bits per heavy atom. The molecular weight excluding hydrogens is 280 g/mol. The summed E-state index contributed by atoms with van der Waals surface area (Å²) in [5.74, 6) is 0.647. The van der Waals surface area contributed by atoms with Crippen molar-refractivity contribution in [1.29, 1.82) is 0 Å². The van der Waals surface area contributed by atoms with Crippen molar-refractivity contribution in [1.82, 2.24) is 10.2 Å². The summed E-state index contributed by atoms with van der Waals surface area (Å²) in [6.45, 7) is 10.1. The lowest BCUT2D eigenvalue weighted by molar-refractivity contribution is 0.0317. The minimum absolute atomic E-state index is 0.0302. The van der Waals surface area contributed by atoms with Gasteiger partial charge in [0, 0.05) is 25.7 Å². The number of hydrogen-bond acceptors (Lipinski definition) is 2. The van der Waals surface area contributed by atoms with Crippen LogP contribution in [0.5, 0.6) is 0 Å². The topological polar surface area (TPSA) is 15.3 Å².